The number of sulfonamides is 1. The molecule has 10 heteroatoms. The van der Waals surface area contributed by atoms with Crippen LogP contribution < -0.4 is 5.32 Å². The fourth-order valence-electron chi connectivity index (χ4n) is 2.22. The SMILES string of the molecule is CC(C)CSc1nnc(NC(=O)[C@@H]2CCCN(S(C)(=O)=O)C2)s1. The van der Waals surface area contributed by atoms with Gasteiger partial charge in [0.2, 0.25) is 21.1 Å². The summed E-state index contributed by atoms with van der Waals surface area (Å²) in [5, 5.41) is 11.3. The van der Waals surface area contributed by atoms with Crippen LogP contribution in [0.2, 0.25) is 0 Å². The van der Waals surface area contributed by atoms with Crippen molar-refractivity contribution in [1.82, 2.24) is 14.5 Å². The largest absolute Gasteiger partial charge is 0.300 e. The van der Waals surface area contributed by atoms with Crippen molar-refractivity contribution in [2.45, 2.75) is 31.0 Å². The Morgan fingerprint density at radius 1 is 1.48 bits per heavy atom. The number of nitrogens with one attached hydrogen (secondary N) is 1. The zero-order valence-electron chi connectivity index (χ0n) is 13.5. The average molecular weight is 379 g/mol. The Morgan fingerprint density at radius 2 is 2.22 bits per heavy atom. The van der Waals surface area contributed by atoms with Crippen LogP contribution >= 0.6 is 23.1 Å². The maximum atomic E-state index is 12.3. The molecular formula is C13H22N4O3S3. The van der Waals surface area contributed by atoms with Gasteiger partial charge in [0, 0.05) is 18.8 Å². The van der Waals surface area contributed by atoms with Crippen molar-refractivity contribution >= 4 is 44.2 Å². The van der Waals surface area contributed by atoms with Crippen LogP contribution in [0, 0.1) is 11.8 Å². The minimum Gasteiger partial charge on any atom is -0.300 e. The smallest absolute Gasteiger partial charge is 0.230 e. The Morgan fingerprint density at radius 3 is 2.87 bits per heavy atom. The van der Waals surface area contributed by atoms with Crippen molar-refractivity contribution in [1.29, 1.82) is 0 Å². The van der Waals surface area contributed by atoms with Gasteiger partial charge in [-0.25, -0.2) is 12.7 Å². The highest BCUT2D eigenvalue weighted by atomic mass is 32.2. The van der Waals surface area contributed by atoms with Gasteiger partial charge < -0.3 is 5.32 Å². The number of piperidine rings is 1. The first-order valence-corrected chi connectivity index (χ1v) is 11.1. The minimum absolute atomic E-state index is 0.185. The second-order valence-corrected chi connectivity index (χ2v) is 10.3. The van der Waals surface area contributed by atoms with Gasteiger partial charge >= 0.3 is 0 Å². The van der Waals surface area contributed by atoms with Gasteiger partial charge in [0.25, 0.3) is 0 Å². The van der Waals surface area contributed by atoms with Gasteiger partial charge in [-0.1, -0.05) is 36.9 Å². The number of hydrogen-bond acceptors (Lipinski definition) is 7. The van der Waals surface area contributed by atoms with E-state index in [-0.39, 0.29) is 18.4 Å². The minimum atomic E-state index is -3.25. The van der Waals surface area contributed by atoms with Crippen molar-refractivity contribution in [3.8, 4) is 0 Å². The van der Waals surface area contributed by atoms with E-state index in [0.29, 0.717) is 30.4 Å². The Labute approximate surface area is 145 Å². The third kappa shape index (κ3) is 5.70. The maximum Gasteiger partial charge on any atom is 0.230 e. The number of carbonyl (C=O) groups excluding carboxylic acids is 1. The van der Waals surface area contributed by atoms with E-state index in [0.717, 1.165) is 10.1 Å². The lowest BCUT2D eigenvalue weighted by Crippen LogP contribution is -2.43. The molecule has 1 aromatic rings. The second-order valence-electron chi connectivity index (χ2n) is 6.03. The highest BCUT2D eigenvalue weighted by Gasteiger charge is 2.30. The summed E-state index contributed by atoms with van der Waals surface area (Å²) < 4.78 is 25.4. The Hall–Kier alpha value is -0.710. The fraction of sp³-hybridized carbons (Fsp3) is 0.769. The van der Waals surface area contributed by atoms with Gasteiger partial charge in [-0.05, 0) is 18.8 Å². The van der Waals surface area contributed by atoms with Crippen LogP contribution in [0.1, 0.15) is 26.7 Å². The van der Waals surface area contributed by atoms with Crippen LogP contribution in [0.3, 0.4) is 0 Å². The number of hydrogen-bond donors (Lipinski definition) is 1. The van der Waals surface area contributed by atoms with Gasteiger partial charge in [0.15, 0.2) is 4.34 Å². The molecule has 0 unspecified atom stereocenters. The molecule has 1 N–H and O–H groups in total. The van der Waals surface area contributed by atoms with Crippen LogP contribution in [0.15, 0.2) is 4.34 Å². The highest BCUT2D eigenvalue weighted by molar-refractivity contribution is 8.01. The summed E-state index contributed by atoms with van der Waals surface area (Å²) in [7, 11) is -3.25. The number of rotatable bonds is 6. The summed E-state index contributed by atoms with van der Waals surface area (Å²) in [5.74, 6) is 0.990. The zero-order chi connectivity index (χ0) is 17.0. The van der Waals surface area contributed by atoms with Crippen molar-refractivity contribution < 1.29 is 13.2 Å². The van der Waals surface area contributed by atoms with Crippen molar-refractivity contribution in [2.75, 3.05) is 30.4 Å². The summed E-state index contributed by atoms with van der Waals surface area (Å²) in [6.07, 6.45) is 2.55. The molecule has 23 heavy (non-hydrogen) atoms. The van der Waals surface area contributed by atoms with Gasteiger partial charge in [-0.15, -0.1) is 10.2 Å². The molecule has 2 rings (SSSR count). The molecule has 0 aromatic carbocycles. The first-order chi connectivity index (χ1) is 10.8. The molecule has 0 spiro atoms. The van der Waals surface area contributed by atoms with Crippen LogP contribution in [0.4, 0.5) is 5.13 Å². The maximum absolute atomic E-state index is 12.3. The van der Waals surface area contributed by atoms with Crippen LogP contribution in [0.25, 0.3) is 0 Å². The zero-order valence-corrected chi connectivity index (χ0v) is 15.9. The fourth-order valence-corrected chi connectivity index (χ4v) is 4.86. The van der Waals surface area contributed by atoms with Crippen LogP contribution in [0.5, 0.6) is 0 Å². The monoisotopic (exact) mass is 378 g/mol. The predicted octanol–water partition coefficient (Wildman–Crippen LogP) is 1.90. The molecule has 1 amide bonds. The number of amides is 1. The van der Waals surface area contributed by atoms with E-state index in [1.165, 1.54) is 21.9 Å². The standard InChI is InChI=1S/C13H22N4O3S3/c1-9(2)8-21-13-16-15-12(22-13)14-11(18)10-5-4-6-17(7-10)23(3,19)20/h9-10H,4-8H2,1-3H3,(H,14,15,18)/t10-/m1/s1. The number of aromatic nitrogens is 2. The summed E-state index contributed by atoms with van der Waals surface area (Å²) in [6, 6.07) is 0. The van der Waals surface area contributed by atoms with Crippen LogP contribution in [-0.2, 0) is 14.8 Å². The molecule has 2 heterocycles. The summed E-state index contributed by atoms with van der Waals surface area (Å²) in [6.45, 7) is 4.98. The van der Waals surface area contributed by atoms with Gasteiger partial charge in [-0.2, -0.15) is 0 Å². The highest BCUT2D eigenvalue weighted by Crippen LogP contribution is 2.28. The second kappa shape index (κ2) is 7.91. The van der Waals surface area contributed by atoms with Crippen molar-refractivity contribution in [2.24, 2.45) is 11.8 Å². The topological polar surface area (TPSA) is 92.3 Å². The van der Waals surface area contributed by atoms with Crippen molar-refractivity contribution in [3.63, 3.8) is 0 Å². The molecular weight excluding hydrogens is 356 g/mol. The third-order valence-electron chi connectivity index (χ3n) is 3.40. The molecule has 1 aliphatic rings. The summed E-state index contributed by atoms with van der Waals surface area (Å²) in [4.78, 5) is 12.3. The Bertz CT molecular complexity index is 645. The molecule has 0 bridgehead atoms. The lowest BCUT2D eigenvalue weighted by atomic mass is 9.99. The van der Waals surface area contributed by atoms with E-state index in [1.54, 1.807) is 11.8 Å². The predicted molar refractivity (Wildman–Crippen MR) is 93.2 cm³/mol. The molecule has 0 aliphatic carbocycles. The van der Waals surface area contributed by atoms with Gasteiger partial charge in [0.1, 0.15) is 0 Å². The normalized spacial score (nSPS) is 19.9. The van der Waals surface area contributed by atoms with Crippen molar-refractivity contribution in [3.05, 3.63) is 0 Å². The third-order valence-corrected chi connectivity index (χ3v) is 7.07. The van der Waals surface area contributed by atoms with E-state index in [1.807, 2.05) is 0 Å². The number of anilines is 1. The van der Waals surface area contributed by atoms with Crippen LogP contribution in [-0.4, -0.2) is 53.9 Å². The molecule has 1 fully saturated rings. The quantitative estimate of drug-likeness (QED) is 0.600. The van der Waals surface area contributed by atoms with E-state index < -0.39 is 10.0 Å². The molecule has 1 aromatic heterocycles. The Kier molecular flexibility index (Phi) is 6.40. The first-order valence-electron chi connectivity index (χ1n) is 7.48. The molecule has 0 saturated carbocycles. The number of nitrogens with zero attached hydrogens (tertiary/aromatic N) is 3. The number of carbonyl (C=O) groups is 1. The molecule has 7 nitrogen and oxygen atoms in total. The first kappa shape index (κ1) is 18.6. The van der Waals surface area contributed by atoms with E-state index in [4.69, 9.17) is 0 Å². The Balaban J connectivity index is 1.91. The average Bonchev–Trinajstić information content (AvgIpc) is 2.92. The van der Waals surface area contributed by atoms with E-state index in [9.17, 15) is 13.2 Å². The lowest BCUT2D eigenvalue weighted by molar-refractivity contribution is -0.120. The summed E-state index contributed by atoms with van der Waals surface area (Å²) >= 11 is 2.97. The molecule has 1 atom stereocenters. The van der Waals surface area contributed by atoms with Gasteiger partial charge in [-0.3, -0.25) is 4.79 Å². The van der Waals surface area contributed by atoms with E-state index in [2.05, 4.69) is 29.4 Å². The molecule has 0 radical (unpaired) electrons. The molecule has 1 aliphatic heterocycles. The number of thioether (sulfide) groups is 1. The summed E-state index contributed by atoms with van der Waals surface area (Å²) in [5.41, 5.74) is 0. The lowest BCUT2D eigenvalue weighted by Gasteiger charge is -2.29. The van der Waals surface area contributed by atoms with Gasteiger partial charge in [0.05, 0.1) is 12.2 Å². The molecule has 130 valence electrons. The molecule has 1 saturated heterocycles. The van der Waals surface area contributed by atoms with E-state index >= 15 is 0 Å².